The highest BCUT2D eigenvalue weighted by Crippen LogP contribution is 2.32. The minimum Gasteiger partial charge on any atom is -0.490 e. The predicted molar refractivity (Wildman–Crippen MR) is 109 cm³/mol. The van der Waals surface area contributed by atoms with Gasteiger partial charge in [0.1, 0.15) is 0 Å². The highest BCUT2D eigenvalue weighted by molar-refractivity contribution is 5.93. The standard InChI is InChI=1S/C21H33N3O3/c1-2-3-10-22-21(23-11-4-12-25-16-17-6-7-17)24-18-8-9-19-20(15-18)27-14-5-13-26-19/h8-9,15,17H,2-7,10-14,16H2,1H3,(H2,22,23,24). The van der Waals surface area contributed by atoms with Gasteiger partial charge in [-0.15, -0.1) is 0 Å². The van der Waals surface area contributed by atoms with Gasteiger partial charge in [-0.05, 0) is 43.7 Å². The van der Waals surface area contributed by atoms with E-state index in [4.69, 9.17) is 19.2 Å². The number of nitrogens with one attached hydrogen (secondary N) is 2. The Hall–Kier alpha value is -1.95. The summed E-state index contributed by atoms with van der Waals surface area (Å²) in [5, 5.41) is 6.80. The molecule has 0 unspecified atom stereocenters. The van der Waals surface area contributed by atoms with E-state index in [9.17, 15) is 0 Å². The molecule has 27 heavy (non-hydrogen) atoms. The first-order chi connectivity index (χ1) is 13.3. The van der Waals surface area contributed by atoms with Gasteiger partial charge in [0.15, 0.2) is 17.5 Å². The molecule has 1 saturated carbocycles. The van der Waals surface area contributed by atoms with E-state index in [2.05, 4.69) is 17.6 Å². The van der Waals surface area contributed by atoms with Crippen LogP contribution in [-0.4, -0.2) is 45.5 Å². The van der Waals surface area contributed by atoms with Gasteiger partial charge in [-0.3, -0.25) is 4.99 Å². The highest BCUT2D eigenvalue weighted by atomic mass is 16.5. The second kappa shape index (κ2) is 11.0. The van der Waals surface area contributed by atoms with Crippen LogP contribution < -0.4 is 20.1 Å². The second-order valence-corrected chi connectivity index (χ2v) is 7.22. The van der Waals surface area contributed by atoms with Crippen molar-refractivity contribution in [3.63, 3.8) is 0 Å². The molecule has 1 aliphatic carbocycles. The number of rotatable bonds is 10. The number of guanidine groups is 1. The summed E-state index contributed by atoms with van der Waals surface area (Å²) >= 11 is 0. The lowest BCUT2D eigenvalue weighted by Gasteiger charge is -2.14. The molecular weight excluding hydrogens is 342 g/mol. The summed E-state index contributed by atoms with van der Waals surface area (Å²) in [5.74, 6) is 3.23. The molecule has 0 amide bonds. The van der Waals surface area contributed by atoms with Gasteiger partial charge < -0.3 is 24.8 Å². The average molecular weight is 376 g/mol. The first-order valence-corrected chi connectivity index (χ1v) is 10.4. The van der Waals surface area contributed by atoms with Gasteiger partial charge in [-0.2, -0.15) is 0 Å². The molecule has 2 N–H and O–H groups in total. The van der Waals surface area contributed by atoms with Crippen molar-refractivity contribution in [3.8, 4) is 11.5 Å². The van der Waals surface area contributed by atoms with Crippen molar-refractivity contribution in [2.75, 3.05) is 44.8 Å². The van der Waals surface area contributed by atoms with Crippen LogP contribution in [0, 0.1) is 5.92 Å². The lowest BCUT2D eigenvalue weighted by Crippen LogP contribution is -2.32. The second-order valence-electron chi connectivity index (χ2n) is 7.22. The van der Waals surface area contributed by atoms with E-state index < -0.39 is 0 Å². The fourth-order valence-corrected chi connectivity index (χ4v) is 2.79. The van der Waals surface area contributed by atoms with Crippen molar-refractivity contribution < 1.29 is 14.2 Å². The number of ether oxygens (including phenoxy) is 3. The molecule has 6 heteroatoms. The van der Waals surface area contributed by atoms with E-state index in [1.165, 1.54) is 12.8 Å². The molecule has 0 atom stereocenters. The predicted octanol–water partition coefficient (Wildman–Crippen LogP) is 3.82. The van der Waals surface area contributed by atoms with E-state index >= 15 is 0 Å². The SMILES string of the molecule is CCCCNC(=NCCCOCC1CC1)Nc1ccc2c(c1)OCCCO2. The summed E-state index contributed by atoms with van der Waals surface area (Å²) in [5.41, 5.74) is 0.951. The minimum atomic E-state index is 0.688. The molecule has 1 aliphatic heterocycles. The first kappa shape index (κ1) is 19.8. The number of benzene rings is 1. The van der Waals surface area contributed by atoms with Crippen molar-refractivity contribution >= 4 is 11.6 Å². The first-order valence-electron chi connectivity index (χ1n) is 10.4. The van der Waals surface area contributed by atoms with Gasteiger partial charge >= 0.3 is 0 Å². The molecule has 2 aliphatic rings. The summed E-state index contributed by atoms with van der Waals surface area (Å²) in [6.45, 7) is 6.93. The van der Waals surface area contributed by atoms with Crippen LogP contribution in [0.3, 0.4) is 0 Å². The third-order valence-corrected chi connectivity index (χ3v) is 4.60. The van der Waals surface area contributed by atoms with Crippen LogP contribution in [0.4, 0.5) is 5.69 Å². The summed E-state index contributed by atoms with van der Waals surface area (Å²) in [4.78, 5) is 4.70. The number of hydrogen-bond donors (Lipinski definition) is 2. The molecule has 1 heterocycles. The van der Waals surface area contributed by atoms with E-state index in [0.717, 1.165) is 81.1 Å². The molecule has 0 saturated heterocycles. The smallest absolute Gasteiger partial charge is 0.195 e. The van der Waals surface area contributed by atoms with E-state index in [1.807, 2.05) is 18.2 Å². The molecule has 150 valence electrons. The molecular formula is C21H33N3O3. The van der Waals surface area contributed by atoms with Gasteiger partial charge in [-0.25, -0.2) is 0 Å². The lowest BCUT2D eigenvalue weighted by molar-refractivity contribution is 0.123. The van der Waals surface area contributed by atoms with Crippen LogP contribution in [-0.2, 0) is 4.74 Å². The average Bonchev–Trinajstić information content (AvgIpc) is 3.51. The van der Waals surface area contributed by atoms with Crippen molar-refractivity contribution in [2.24, 2.45) is 10.9 Å². The van der Waals surface area contributed by atoms with Crippen molar-refractivity contribution in [3.05, 3.63) is 18.2 Å². The molecule has 0 radical (unpaired) electrons. The molecule has 0 bridgehead atoms. The highest BCUT2D eigenvalue weighted by Gasteiger charge is 2.20. The quantitative estimate of drug-likeness (QED) is 0.370. The monoisotopic (exact) mass is 375 g/mol. The zero-order chi connectivity index (χ0) is 18.7. The Balaban J connectivity index is 1.51. The third-order valence-electron chi connectivity index (χ3n) is 4.60. The van der Waals surface area contributed by atoms with E-state index in [-0.39, 0.29) is 0 Å². The van der Waals surface area contributed by atoms with Crippen molar-refractivity contribution in [2.45, 2.75) is 45.4 Å². The van der Waals surface area contributed by atoms with Crippen LogP contribution in [0.5, 0.6) is 11.5 Å². The van der Waals surface area contributed by atoms with Crippen molar-refractivity contribution in [1.29, 1.82) is 0 Å². The Labute approximate surface area is 162 Å². The summed E-state index contributed by atoms with van der Waals surface area (Å²) in [7, 11) is 0. The molecule has 6 nitrogen and oxygen atoms in total. The maximum absolute atomic E-state index is 5.78. The summed E-state index contributed by atoms with van der Waals surface area (Å²) in [6, 6.07) is 5.94. The Bertz CT molecular complexity index is 602. The number of nitrogens with zero attached hydrogens (tertiary/aromatic N) is 1. The zero-order valence-corrected chi connectivity index (χ0v) is 16.5. The molecule has 1 aromatic rings. The van der Waals surface area contributed by atoms with Gasteiger partial charge in [0.05, 0.1) is 13.2 Å². The van der Waals surface area contributed by atoms with Gasteiger partial charge in [0.25, 0.3) is 0 Å². The molecule has 3 rings (SSSR count). The Kier molecular flexibility index (Phi) is 8.08. The topological polar surface area (TPSA) is 64.1 Å². The molecule has 0 spiro atoms. The summed E-state index contributed by atoms with van der Waals surface area (Å²) in [6.07, 6.45) is 6.79. The maximum Gasteiger partial charge on any atom is 0.195 e. The van der Waals surface area contributed by atoms with Crippen LogP contribution in [0.2, 0.25) is 0 Å². The minimum absolute atomic E-state index is 0.688. The lowest BCUT2D eigenvalue weighted by atomic mass is 10.2. The maximum atomic E-state index is 5.78. The Morgan fingerprint density at radius 1 is 1.19 bits per heavy atom. The van der Waals surface area contributed by atoms with Gasteiger partial charge in [0.2, 0.25) is 0 Å². The number of fused-ring (bicyclic) bond motifs is 1. The Morgan fingerprint density at radius 3 is 2.85 bits per heavy atom. The summed E-state index contributed by atoms with van der Waals surface area (Å²) < 4.78 is 17.2. The van der Waals surface area contributed by atoms with Gasteiger partial charge in [0, 0.05) is 44.5 Å². The van der Waals surface area contributed by atoms with E-state index in [0.29, 0.717) is 13.2 Å². The number of anilines is 1. The molecule has 1 aromatic carbocycles. The number of unbranched alkanes of at least 4 members (excludes halogenated alkanes) is 1. The largest absolute Gasteiger partial charge is 0.490 e. The third kappa shape index (κ3) is 7.29. The fraction of sp³-hybridized carbons (Fsp3) is 0.667. The zero-order valence-electron chi connectivity index (χ0n) is 16.5. The van der Waals surface area contributed by atoms with Crippen molar-refractivity contribution in [1.82, 2.24) is 5.32 Å². The van der Waals surface area contributed by atoms with Crippen LogP contribution in [0.15, 0.2) is 23.2 Å². The number of hydrogen-bond acceptors (Lipinski definition) is 4. The number of aliphatic imine (C=N–C) groups is 1. The van der Waals surface area contributed by atoms with Crippen LogP contribution >= 0.6 is 0 Å². The normalized spacial score (nSPS) is 16.7. The van der Waals surface area contributed by atoms with Crippen LogP contribution in [0.25, 0.3) is 0 Å². The molecule has 0 aromatic heterocycles. The molecule has 1 fully saturated rings. The van der Waals surface area contributed by atoms with Crippen LogP contribution in [0.1, 0.15) is 45.4 Å². The van der Waals surface area contributed by atoms with E-state index in [1.54, 1.807) is 0 Å². The Morgan fingerprint density at radius 2 is 2.04 bits per heavy atom. The van der Waals surface area contributed by atoms with Gasteiger partial charge in [-0.1, -0.05) is 13.3 Å². The fourth-order valence-electron chi connectivity index (χ4n) is 2.79.